The lowest BCUT2D eigenvalue weighted by Crippen LogP contribution is -2.26. The second-order valence-electron chi connectivity index (χ2n) is 5.74. The standard InChI is InChI=1S/C15H20BrNO3/c1-10-3-5-13(7-11(10)2)20-9-12-4-6-14(16)15(8-12)17(18)19/h4,6,8,10-11,13H,3,5,7,9H2,1-2H3. The Balaban J connectivity index is 1.94. The van der Waals surface area contributed by atoms with E-state index in [1.54, 1.807) is 12.1 Å². The van der Waals surface area contributed by atoms with Crippen LogP contribution in [0.1, 0.15) is 38.7 Å². The number of rotatable bonds is 4. The molecule has 0 aromatic heterocycles. The lowest BCUT2D eigenvalue weighted by molar-refractivity contribution is -0.385. The van der Waals surface area contributed by atoms with E-state index in [1.807, 2.05) is 6.07 Å². The maximum absolute atomic E-state index is 10.9. The molecule has 20 heavy (non-hydrogen) atoms. The number of halogens is 1. The summed E-state index contributed by atoms with van der Waals surface area (Å²) in [7, 11) is 0. The average Bonchev–Trinajstić information content (AvgIpc) is 2.41. The lowest BCUT2D eigenvalue weighted by atomic mass is 9.80. The van der Waals surface area contributed by atoms with Crippen LogP contribution in [-0.4, -0.2) is 11.0 Å². The molecule has 2 rings (SSSR count). The number of nitro groups is 1. The van der Waals surface area contributed by atoms with Crippen LogP contribution in [0.25, 0.3) is 0 Å². The molecule has 5 heteroatoms. The summed E-state index contributed by atoms with van der Waals surface area (Å²) in [5, 5.41) is 10.9. The van der Waals surface area contributed by atoms with Crippen LogP contribution in [0, 0.1) is 22.0 Å². The molecule has 1 fully saturated rings. The first kappa shape index (κ1) is 15.4. The van der Waals surface area contributed by atoms with Crippen molar-refractivity contribution in [3.8, 4) is 0 Å². The summed E-state index contributed by atoms with van der Waals surface area (Å²) < 4.78 is 6.43. The van der Waals surface area contributed by atoms with Crippen LogP contribution in [0.2, 0.25) is 0 Å². The van der Waals surface area contributed by atoms with Crippen LogP contribution < -0.4 is 0 Å². The molecule has 0 heterocycles. The van der Waals surface area contributed by atoms with E-state index in [2.05, 4.69) is 29.8 Å². The third-order valence-corrected chi connectivity index (χ3v) is 4.91. The van der Waals surface area contributed by atoms with E-state index in [0.717, 1.165) is 24.3 Å². The zero-order valence-corrected chi connectivity index (χ0v) is 13.4. The van der Waals surface area contributed by atoms with E-state index in [1.165, 1.54) is 6.42 Å². The number of ether oxygens (including phenoxy) is 1. The molecule has 1 saturated carbocycles. The van der Waals surface area contributed by atoms with Gasteiger partial charge in [-0.2, -0.15) is 0 Å². The van der Waals surface area contributed by atoms with Crippen LogP contribution in [0.4, 0.5) is 5.69 Å². The number of nitrogens with zero attached hydrogens (tertiary/aromatic N) is 1. The third kappa shape index (κ3) is 3.79. The second-order valence-corrected chi connectivity index (χ2v) is 6.60. The summed E-state index contributed by atoms with van der Waals surface area (Å²) in [6, 6.07) is 5.16. The van der Waals surface area contributed by atoms with Gasteiger partial charge >= 0.3 is 0 Å². The first-order valence-corrected chi connectivity index (χ1v) is 7.81. The summed E-state index contributed by atoms with van der Waals surface area (Å²) in [5.74, 6) is 1.46. The summed E-state index contributed by atoms with van der Waals surface area (Å²) in [6.07, 6.45) is 3.65. The van der Waals surface area contributed by atoms with Gasteiger partial charge in [-0.1, -0.05) is 19.9 Å². The zero-order valence-electron chi connectivity index (χ0n) is 11.8. The third-order valence-electron chi connectivity index (χ3n) is 4.24. The van der Waals surface area contributed by atoms with Crippen LogP contribution in [0.15, 0.2) is 22.7 Å². The van der Waals surface area contributed by atoms with Crippen LogP contribution >= 0.6 is 15.9 Å². The Bertz CT molecular complexity index is 492. The Morgan fingerprint density at radius 2 is 2.10 bits per heavy atom. The molecule has 0 bridgehead atoms. The summed E-state index contributed by atoms with van der Waals surface area (Å²) >= 11 is 3.19. The molecule has 1 aromatic carbocycles. The van der Waals surface area contributed by atoms with Crippen molar-refractivity contribution in [2.24, 2.45) is 11.8 Å². The van der Waals surface area contributed by atoms with Crippen LogP contribution in [0.3, 0.4) is 0 Å². The highest BCUT2D eigenvalue weighted by molar-refractivity contribution is 9.10. The minimum Gasteiger partial charge on any atom is -0.374 e. The van der Waals surface area contributed by atoms with E-state index < -0.39 is 0 Å². The monoisotopic (exact) mass is 341 g/mol. The van der Waals surface area contributed by atoms with Gasteiger partial charge in [0.25, 0.3) is 5.69 Å². The van der Waals surface area contributed by atoms with Gasteiger partial charge in [0.05, 0.1) is 22.1 Å². The van der Waals surface area contributed by atoms with Gasteiger partial charge in [0.1, 0.15) is 0 Å². The van der Waals surface area contributed by atoms with Crippen molar-refractivity contribution in [1.82, 2.24) is 0 Å². The fourth-order valence-corrected chi connectivity index (χ4v) is 3.04. The Labute approximate surface area is 127 Å². The second kappa shape index (κ2) is 6.68. The van der Waals surface area contributed by atoms with Crippen molar-refractivity contribution in [3.63, 3.8) is 0 Å². The summed E-state index contributed by atoms with van der Waals surface area (Å²) in [4.78, 5) is 10.5. The molecular formula is C15H20BrNO3. The van der Waals surface area contributed by atoms with Gasteiger partial charge < -0.3 is 4.74 Å². The molecule has 0 radical (unpaired) electrons. The fraction of sp³-hybridized carbons (Fsp3) is 0.600. The topological polar surface area (TPSA) is 52.4 Å². The number of hydrogen-bond donors (Lipinski definition) is 0. The predicted octanol–water partition coefficient (Wildman–Crippen LogP) is 4.70. The van der Waals surface area contributed by atoms with Gasteiger partial charge in [-0.05, 0) is 58.7 Å². The molecule has 0 aliphatic heterocycles. The smallest absolute Gasteiger partial charge is 0.283 e. The molecule has 4 nitrogen and oxygen atoms in total. The largest absolute Gasteiger partial charge is 0.374 e. The van der Waals surface area contributed by atoms with Gasteiger partial charge in [-0.3, -0.25) is 10.1 Å². The lowest BCUT2D eigenvalue weighted by Gasteiger charge is -2.31. The predicted molar refractivity (Wildman–Crippen MR) is 81.6 cm³/mol. The van der Waals surface area contributed by atoms with E-state index in [0.29, 0.717) is 17.0 Å². The molecule has 0 amide bonds. The molecule has 0 spiro atoms. The van der Waals surface area contributed by atoms with E-state index in [-0.39, 0.29) is 16.7 Å². The van der Waals surface area contributed by atoms with Gasteiger partial charge in [0, 0.05) is 6.07 Å². The molecular weight excluding hydrogens is 322 g/mol. The molecule has 3 atom stereocenters. The number of benzene rings is 1. The first-order valence-electron chi connectivity index (χ1n) is 7.01. The fourth-order valence-electron chi connectivity index (χ4n) is 2.65. The molecule has 0 saturated heterocycles. The first-order chi connectivity index (χ1) is 9.47. The molecule has 1 aliphatic carbocycles. The highest BCUT2D eigenvalue weighted by Crippen LogP contribution is 2.32. The Morgan fingerprint density at radius 3 is 2.75 bits per heavy atom. The van der Waals surface area contributed by atoms with Crippen molar-refractivity contribution >= 4 is 21.6 Å². The normalized spacial score (nSPS) is 26.4. The van der Waals surface area contributed by atoms with Crippen molar-refractivity contribution in [3.05, 3.63) is 38.3 Å². The average molecular weight is 342 g/mol. The maximum Gasteiger partial charge on any atom is 0.283 e. The Kier molecular flexibility index (Phi) is 5.16. The molecule has 3 unspecified atom stereocenters. The van der Waals surface area contributed by atoms with Gasteiger partial charge in [0.15, 0.2) is 0 Å². The van der Waals surface area contributed by atoms with E-state index in [9.17, 15) is 10.1 Å². The van der Waals surface area contributed by atoms with Crippen molar-refractivity contribution < 1.29 is 9.66 Å². The zero-order chi connectivity index (χ0) is 14.7. The molecule has 110 valence electrons. The van der Waals surface area contributed by atoms with E-state index >= 15 is 0 Å². The van der Waals surface area contributed by atoms with Crippen molar-refractivity contribution in [2.45, 2.75) is 45.8 Å². The number of hydrogen-bond acceptors (Lipinski definition) is 3. The maximum atomic E-state index is 10.9. The molecule has 1 aliphatic rings. The minimum atomic E-state index is -0.377. The molecule has 1 aromatic rings. The summed E-state index contributed by atoms with van der Waals surface area (Å²) in [6.45, 7) is 5.00. The van der Waals surface area contributed by atoms with Crippen molar-refractivity contribution in [2.75, 3.05) is 0 Å². The van der Waals surface area contributed by atoms with Gasteiger partial charge in [-0.15, -0.1) is 0 Å². The van der Waals surface area contributed by atoms with E-state index in [4.69, 9.17) is 4.74 Å². The Morgan fingerprint density at radius 1 is 1.35 bits per heavy atom. The van der Waals surface area contributed by atoms with Crippen LogP contribution in [0.5, 0.6) is 0 Å². The quantitative estimate of drug-likeness (QED) is 0.589. The highest BCUT2D eigenvalue weighted by atomic mass is 79.9. The molecule has 0 N–H and O–H groups in total. The van der Waals surface area contributed by atoms with Gasteiger partial charge in [-0.25, -0.2) is 0 Å². The summed E-state index contributed by atoms with van der Waals surface area (Å²) in [5.41, 5.74) is 0.947. The SMILES string of the molecule is CC1CCC(OCc2ccc(Br)c([N+](=O)[O-])c2)CC1C. The Hall–Kier alpha value is -0.940. The van der Waals surface area contributed by atoms with Gasteiger partial charge in [0.2, 0.25) is 0 Å². The van der Waals surface area contributed by atoms with Crippen molar-refractivity contribution in [1.29, 1.82) is 0 Å². The highest BCUT2D eigenvalue weighted by Gasteiger charge is 2.25. The van der Waals surface area contributed by atoms with Crippen LogP contribution in [-0.2, 0) is 11.3 Å². The minimum absolute atomic E-state index is 0.0942. The number of nitro benzene ring substituents is 1.